The molecule has 0 aliphatic carbocycles. The van der Waals surface area contributed by atoms with E-state index in [1.807, 2.05) is 17.2 Å². The molecule has 1 amide bonds. The van der Waals surface area contributed by atoms with Gasteiger partial charge in [-0.3, -0.25) is 9.79 Å². The van der Waals surface area contributed by atoms with Crippen LogP contribution in [-0.4, -0.2) is 41.8 Å². The van der Waals surface area contributed by atoms with Gasteiger partial charge in [0, 0.05) is 36.6 Å². The van der Waals surface area contributed by atoms with Crippen LogP contribution in [0.15, 0.2) is 64.8 Å². The van der Waals surface area contributed by atoms with E-state index in [0.29, 0.717) is 11.6 Å². The zero-order valence-corrected chi connectivity index (χ0v) is 17.5. The molecule has 0 bridgehead atoms. The Morgan fingerprint density at radius 3 is 2.69 bits per heavy atom. The molecule has 3 aliphatic rings. The van der Waals surface area contributed by atoms with Gasteiger partial charge in [-0.15, -0.1) is 0 Å². The number of piperidine rings is 1. The van der Waals surface area contributed by atoms with Crippen molar-refractivity contribution in [3.05, 3.63) is 65.4 Å². The van der Waals surface area contributed by atoms with E-state index in [0.717, 1.165) is 43.8 Å². The minimum atomic E-state index is -0.326. The molecule has 1 fully saturated rings. The fourth-order valence-corrected chi connectivity index (χ4v) is 4.21. The summed E-state index contributed by atoms with van der Waals surface area (Å²) in [6.45, 7) is 8.69. The summed E-state index contributed by atoms with van der Waals surface area (Å²) >= 11 is 6.08. The van der Waals surface area contributed by atoms with Gasteiger partial charge in [0.15, 0.2) is 0 Å². The van der Waals surface area contributed by atoms with Crippen LogP contribution in [0.4, 0.5) is 5.69 Å². The van der Waals surface area contributed by atoms with Crippen molar-refractivity contribution in [3.8, 4) is 0 Å². The van der Waals surface area contributed by atoms with E-state index >= 15 is 0 Å². The van der Waals surface area contributed by atoms with Crippen LogP contribution in [0.25, 0.3) is 0 Å². The molecule has 3 aliphatic heterocycles. The molecular weight excluding hydrogens is 384 g/mol. The average molecular weight is 411 g/mol. The summed E-state index contributed by atoms with van der Waals surface area (Å²) in [4.78, 5) is 21.9. The summed E-state index contributed by atoms with van der Waals surface area (Å²) < 4.78 is 0. The Kier molecular flexibility index (Phi) is 5.76. The maximum atomic E-state index is 12.9. The van der Waals surface area contributed by atoms with E-state index < -0.39 is 0 Å². The number of carbonyl (C=O) groups excluding carboxylic acids is 1. The molecule has 0 radical (unpaired) electrons. The zero-order valence-electron chi connectivity index (χ0n) is 16.8. The molecule has 0 spiro atoms. The van der Waals surface area contributed by atoms with Gasteiger partial charge in [0.05, 0.1) is 6.04 Å². The van der Waals surface area contributed by atoms with Crippen molar-refractivity contribution in [1.82, 2.24) is 10.2 Å². The second-order valence-electron chi connectivity index (χ2n) is 7.78. The molecule has 6 heteroatoms. The molecule has 1 N–H and O–H groups in total. The molecule has 29 heavy (non-hydrogen) atoms. The number of hydrogen-bond donors (Lipinski definition) is 1. The normalized spacial score (nSPS) is 23.6. The molecule has 1 aromatic rings. The van der Waals surface area contributed by atoms with Gasteiger partial charge >= 0.3 is 0 Å². The quantitative estimate of drug-likeness (QED) is 0.747. The Morgan fingerprint density at radius 2 is 2.00 bits per heavy atom. The van der Waals surface area contributed by atoms with Crippen LogP contribution in [-0.2, 0) is 11.3 Å². The molecule has 2 atom stereocenters. The van der Waals surface area contributed by atoms with E-state index in [-0.39, 0.29) is 18.0 Å². The summed E-state index contributed by atoms with van der Waals surface area (Å²) in [6.07, 6.45) is 8.39. The molecule has 152 valence electrons. The van der Waals surface area contributed by atoms with E-state index in [1.165, 1.54) is 11.3 Å². The fraction of sp³-hybridized carbons (Fsp3) is 0.391. The maximum Gasteiger partial charge on any atom is 0.245 e. The Hall–Kier alpha value is -2.53. The van der Waals surface area contributed by atoms with Crippen molar-refractivity contribution in [1.29, 1.82) is 0 Å². The van der Waals surface area contributed by atoms with Crippen LogP contribution >= 0.6 is 11.6 Å². The van der Waals surface area contributed by atoms with Crippen molar-refractivity contribution in [3.63, 3.8) is 0 Å². The summed E-state index contributed by atoms with van der Waals surface area (Å²) in [5.41, 5.74) is 3.66. The summed E-state index contributed by atoms with van der Waals surface area (Å²) in [5.74, 6) is 0.753. The molecule has 3 heterocycles. The third kappa shape index (κ3) is 4.25. The van der Waals surface area contributed by atoms with Gasteiger partial charge in [-0.05, 0) is 49.1 Å². The molecule has 0 aromatic heterocycles. The number of halogens is 1. The first-order chi connectivity index (χ1) is 14.0. The van der Waals surface area contributed by atoms with E-state index in [2.05, 4.69) is 53.0 Å². The monoisotopic (exact) mass is 410 g/mol. The number of carbonyl (C=O) groups is 1. The van der Waals surface area contributed by atoms with Crippen molar-refractivity contribution < 1.29 is 4.79 Å². The van der Waals surface area contributed by atoms with Gasteiger partial charge < -0.3 is 15.1 Å². The second-order valence-corrected chi connectivity index (χ2v) is 8.22. The van der Waals surface area contributed by atoms with Crippen LogP contribution in [0.1, 0.15) is 31.7 Å². The molecule has 4 rings (SSSR count). The van der Waals surface area contributed by atoms with Crippen molar-refractivity contribution in [2.24, 2.45) is 4.99 Å². The lowest BCUT2D eigenvalue weighted by molar-refractivity contribution is -0.124. The van der Waals surface area contributed by atoms with Gasteiger partial charge in [0.2, 0.25) is 5.91 Å². The lowest BCUT2D eigenvalue weighted by Crippen LogP contribution is -2.48. The Labute approximate surface area is 177 Å². The van der Waals surface area contributed by atoms with Gasteiger partial charge in [-0.2, -0.15) is 0 Å². The van der Waals surface area contributed by atoms with E-state index in [4.69, 9.17) is 11.6 Å². The number of aliphatic imine (C=N–C) groups is 1. The summed E-state index contributed by atoms with van der Waals surface area (Å²) in [5, 5.41) is 3.72. The number of nitrogens with zero attached hydrogens (tertiary/aromatic N) is 3. The highest BCUT2D eigenvalue weighted by molar-refractivity contribution is 6.33. The van der Waals surface area contributed by atoms with Crippen LogP contribution in [0.2, 0.25) is 0 Å². The van der Waals surface area contributed by atoms with Crippen molar-refractivity contribution in [2.75, 3.05) is 18.0 Å². The van der Waals surface area contributed by atoms with Crippen molar-refractivity contribution >= 4 is 29.0 Å². The first-order valence-electron chi connectivity index (χ1n) is 10.2. The zero-order chi connectivity index (χ0) is 20.4. The van der Waals surface area contributed by atoms with Crippen molar-refractivity contribution in [2.45, 2.75) is 44.8 Å². The molecule has 1 saturated heterocycles. The molecule has 0 saturated carbocycles. The SMILES string of the molecule is C=C1CCN(c2ccc(CNC(=O)C3C(CC)N=C4C=C(Cl)C=CN43)cc2)CC1. The standard InChI is InChI=1S/C23H27ClN4O/c1-3-20-22(28-13-10-18(24)14-21(28)26-20)23(29)25-15-17-4-6-19(7-5-17)27-11-8-16(2)9-12-27/h4-7,10,13-14,20,22H,2-3,8-9,11-12,15H2,1H3,(H,25,29). The number of allylic oxidation sites excluding steroid dienone is 2. The number of hydrogen-bond acceptors (Lipinski definition) is 4. The van der Waals surface area contributed by atoms with Gasteiger partial charge in [-0.25, -0.2) is 0 Å². The Bertz CT molecular complexity index is 877. The number of nitrogens with one attached hydrogen (secondary N) is 1. The number of benzene rings is 1. The second kappa shape index (κ2) is 8.46. The third-order valence-electron chi connectivity index (χ3n) is 5.81. The predicted octanol–water partition coefficient (Wildman–Crippen LogP) is 3.97. The molecular formula is C23H27ClN4O. The van der Waals surface area contributed by atoms with Gasteiger partial charge in [0.1, 0.15) is 11.9 Å². The Balaban J connectivity index is 1.36. The first-order valence-corrected chi connectivity index (χ1v) is 10.6. The molecule has 5 nitrogen and oxygen atoms in total. The molecule has 2 unspecified atom stereocenters. The number of fused-ring (bicyclic) bond motifs is 1. The number of anilines is 1. The topological polar surface area (TPSA) is 47.9 Å². The number of rotatable bonds is 5. The number of amidine groups is 1. The highest BCUT2D eigenvalue weighted by Gasteiger charge is 2.39. The minimum Gasteiger partial charge on any atom is -0.371 e. The smallest absolute Gasteiger partial charge is 0.245 e. The third-order valence-corrected chi connectivity index (χ3v) is 6.05. The molecule has 1 aromatic carbocycles. The maximum absolute atomic E-state index is 12.9. The fourth-order valence-electron chi connectivity index (χ4n) is 4.05. The summed E-state index contributed by atoms with van der Waals surface area (Å²) in [7, 11) is 0. The highest BCUT2D eigenvalue weighted by atomic mass is 35.5. The lowest BCUT2D eigenvalue weighted by atomic mass is 10.0. The van der Waals surface area contributed by atoms with E-state index in [1.54, 1.807) is 6.08 Å². The van der Waals surface area contributed by atoms with Gasteiger partial charge in [0.25, 0.3) is 0 Å². The number of amides is 1. The minimum absolute atomic E-state index is 0.00899. The van der Waals surface area contributed by atoms with Gasteiger partial charge in [-0.1, -0.05) is 42.8 Å². The first kappa shape index (κ1) is 19.8. The van der Waals surface area contributed by atoms with E-state index in [9.17, 15) is 4.79 Å². The largest absolute Gasteiger partial charge is 0.371 e. The van der Waals surface area contributed by atoms with Crippen LogP contribution in [0, 0.1) is 0 Å². The highest BCUT2D eigenvalue weighted by Crippen LogP contribution is 2.27. The van der Waals surface area contributed by atoms with Crippen LogP contribution in [0.5, 0.6) is 0 Å². The van der Waals surface area contributed by atoms with Crippen LogP contribution in [0.3, 0.4) is 0 Å². The lowest BCUT2D eigenvalue weighted by Gasteiger charge is -2.30. The summed E-state index contributed by atoms with van der Waals surface area (Å²) in [6, 6.07) is 8.08. The van der Waals surface area contributed by atoms with Crippen LogP contribution < -0.4 is 10.2 Å². The predicted molar refractivity (Wildman–Crippen MR) is 119 cm³/mol. The Morgan fingerprint density at radius 1 is 1.28 bits per heavy atom. The average Bonchev–Trinajstić information content (AvgIpc) is 3.10.